The third-order valence-corrected chi connectivity index (χ3v) is 4.52. The van der Waals surface area contributed by atoms with Crippen LogP contribution in [-0.2, 0) is 4.74 Å². The minimum atomic E-state index is -0.282. The van der Waals surface area contributed by atoms with E-state index in [2.05, 4.69) is 34.4 Å². The Morgan fingerprint density at radius 1 is 1.52 bits per heavy atom. The molecule has 1 aliphatic carbocycles. The fourth-order valence-electron chi connectivity index (χ4n) is 3.46. The second-order valence-electron chi connectivity index (χ2n) is 6.08. The lowest BCUT2D eigenvalue weighted by atomic mass is 9.57. The highest BCUT2D eigenvalue weighted by Crippen LogP contribution is 2.52. The molecule has 2 N–H and O–H groups in total. The molecule has 2 amide bonds. The van der Waals surface area contributed by atoms with E-state index in [-0.39, 0.29) is 23.6 Å². The van der Waals surface area contributed by atoms with Gasteiger partial charge in [0.15, 0.2) is 11.6 Å². The topological polar surface area (TPSA) is 85.4 Å². The van der Waals surface area contributed by atoms with Crippen LogP contribution in [-0.4, -0.2) is 41.9 Å². The fourth-order valence-corrected chi connectivity index (χ4v) is 3.46. The summed E-state index contributed by atoms with van der Waals surface area (Å²) < 4.78 is 10.8. The van der Waals surface area contributed by atoms with E-state index in [0.717, 1.165) is 13.0 Å². The predicted octanol–water partition coefficient (Wildman–Crippen LogP) is 1.42. The Labute approximate surface area is 123 Å². The Morgan fingerprint density at radius 2 is 2.33 bits per heavy atom. The number of carbonyl (C=O) groups is 1. The minimum Gasteiger partial charge on any atom is -0.491 e. The third-order valence-electron chi connectivity index (χ3n) is 4.52. The molecule has 7 heteroatoms. The molecule has 2 aliphatic rings. The average Bonchev–Trinajstić information content (AvgIpc) is 2.92. The van der Waals surface area contributed by atoms with E-state index in [1.54, 1.807) is 0 Å². The van der Waals surface area contributed by atoms with Gasteiger partial charge in [0.25, 0.3) is 0 Å². The molecule has 3 atom stereocenters. The van der Waals surface area contributed by atoms with E-state index in [1.165, 1.54) is 19.6 Å². The zero-order valence-electron chi connectivity index (χ0n) is 12.4. The van der Waals surface area contributed by atoms with Gasteiger partial charge in [-0.3, -0.25) is 5.32 Å². The molecule has 0 spiro atoms. The van der Waals surface area contributed by atoms with Gasteiger partial charge in [0, 0.05) is 24.0 Å². The highest BCUT2D eigenvalue weighted by Gasteiger charge is 2.59. The van der Waals surface area contributed by atoms with Crippen molar-refractivity contribution in [2.24, 2.45) is 11.3 Å². The first kappa shape index (κ1) is 14.1. The standard InChI is InChI=1S/C14H20N4O3/c1-14(2)10(8-4-5-21-11(8)14)17-13(19)18-12-9(20-3)6-15-7-16-12/h6-8,10-11H,4-5H2,1-3H3,(H2,15,16,17,18,19). The normalized spacial score (nSPS) is 29.2. The highest BCUT2D eigenvalue weighted by atomic mass is 16.5. The van der Waals surface area contributed by atoms with Gasteiger partial charge in [-0.1, -0.05) is 13.8 Å². The molecule has 1 saturated heterocycles. The molecule has 1 saturated carbocycles. The van der Waals surface area contributed by atoms with E-state index in [1.807, 2.05) is 0 Å². The zero-order chi connectivity index (χ0) is 15.0. The minimum absolute atomic E-state index is 0.0474. The number of ether oxygens (including phenoxy) is 2. The molecule has 1 aromatic heterocycles. The summed E-state index contributed by atoms with van der Waals surface area (Å²) in [5, 5.41) is 5.74. The molecular formula is C14H20N4O3. The molecule has 21 heavy (non-hydrogen) atoms. The van der Waals surface area contributed by atoms with Crippen LogP contribution in [0.5, 0.6) is 5.75 Å². The Balaban J connectivity index is 1.64. The van der Waals surface area contributed by atoms with Crippen molar-refractivity contribution in [1.29, 1.82) is 0 Å². The lowest BCUT2D eigenvalue weighted by Gasteiger charge is -2.54. The molecule has 2 fully saturated rings. The number of nitrogens with zero attached hydrogens (tertiary/aromatic N) is 2. The number of rotatable bonds is 3. The fraction of sp³-hybridized carbons (Fsp3) is 0.643. The molecular weight excluding hydrogens is 272 g/mol. The maximum Gasteiger partial charge on any atom is 0.320 e. The molecule has 0 radical (unpaired) electrons. The first-order valence-electron chi connectivity index (χ1n) is 7.07. The second-order valence-corrected chi connectivity index (χ2v) is 6.08. The summed E-state index contributed by atoms with van der Waals surface area (Å²) >= 11 is 0. The zero-order valence-corrected chi connectivity index (χ0v) is 12.4. The van der Waals surface area contributed by atoms with Crippen molar-refractivity contribution in [1.82, 2.24) is 15.3 Å². The lowest BCUT2D eigenvalue weighted by molar-refractivity contribution is -0.107. The molecule has 0 aromatic carbocycles. The van der Waals surface area contributed by atoms with Crippen LogP contribution in [0.25, 0.3) is 0 Å². The van der Waals surface area contributed by atoms with E-state index in [9.17, 15) is 4.79 Å². The van der Waals surface area contributed by atoms with Crippen LogP contribution in [0.1, 0.15) is 20.3 Å². The Bertz CT molecular complexity index is 549. The Morgan fingerprint density at radius 3 is 3.10 bits per heavy atom. The molecule has 7 nitrogen and oxygen atoms in total. The summed E-state index contributed by atoms with van der Waals surface area (Å²) in [7, 11) is 1.51. The predicted molar refractivity (Wildman–Crippen MR) is 76.2 cm³/mol. The molecule has 1 aromatic rings. The molecule has 3 unspecified atom stereocenters. The van der Waals surface area contributed by atoms with Gasteiger partial charge >= 0.3 is 6.03 Å². The average molecular weight is 292 g/mol. The summed E-state index contributed by atoms with van der Waals surface area (Å²) in [5.74, 6) is 1.20. The molecule has 1 aliphatic heterocycles. The van der Waals surface area contributed by atoms with Crippen molar-refractivity contribution in [3.8, 4) is 5.75 Å². The smallest absolute Gasteiger partial charge is 0.320 e. The van der Waals surface area contributed by atoms with Crippen LogP contribution >= 0.6 is 0 Å². The van der Waals surface area contributed by atoms with Gasteiger partial charge in [-0.25, -0.2) is 14.8 Å². The summed E-state index contributed by atoms with van der Waals surface area (Å²) in [6.07, 6.45) is 4.12. The van der Waals surface area contributed by atoms with Gasteiger partial charge in [0.1, 0.15) is 6.33 Å². The monoisotopic (exact) mass is 292 g/mol. The van der Waals surface area contributed by atoms with Crippen LogP contribution in [0.3, 0.4) is 0 Å². The SMILES string of the molecule is COc1cncnc1NC(=O)NC1C2CCOC2C1(C)C. The van der Waals surface area contributed by atoms with E-state index >= 15 is 0 Å². The number of carbonyl (C=O) groups excluding carboxylic acids is 1. The van der Waals surface area contributed by atoms with Crippen molar-refractivity contribution in [3.05, 3.63) is 12.5 Å². The number of hydrogen-bond acceptors (Lipinski definition) is 5. The van der Waals surface area contributed by atoms with Crippen molar-refractivity contribution in [2.45, 2.75) is 32.4 Å². The number of aromatic nitrogens is 2. The van der Waals surface area contributed by atoms with Crippen molar-refractivity contribution < 1.29 is 14.3 Å². The first-order valence-corrected chi connectivity index (χ1v) is 7.07. The van der Waals surface area contributed by atoms with Crippen LogP contribution in [0, 0.1) is 11.3 Å². The highest BCUT2D eigenvalue weighted by molar-refractivity contribution is 5.89. The quantitative estimate of drug-likeness (QED) is 0.880. The van der Waals surface area contributed by atoms with Gasteiger partial charge in [-0.2, -0.15) is 0 Å². The third kappa shape index (κ3) is 2.31. The summed E-state index contributed by atoms with van der Waals surface area (Å²) in [6, 6.07) is -0.173. The molecule has 2 heterocycles. The maximum atomic E-state index is 12.2. The van der Waals surface area contributed by atoms with Gasteiger partial charge in [-0.05, 0) is 6.42 Å². The summed E-state index contributed by atoms with van der Waals surface area (Å²) in [4.78, 5) is 20.0. The van der Waals surface area contributed by atoms with Crippen LogP contribution in [0.2, 0.25) is 0 Å². The number of methoxy groups -OCH3 is 1. The summed E-state index contributed by atoms with van der Waals surface area (Å²) in [6.45, 7) is 5.02. The van der Waals surface area contributed by atoms with Crippen LogP contribution in [0.15, 0.2) is 12.5 Å². The van der Waals surface area contributed by atoms with Crippen molar-refractivity contribution in [2.75, 3.05) is 19.0 Å². The summed E-state index contributed by atoms with van der Waals surface area (Å²) in [5.41, 5.74) is -0.0474. The van der Waals surface area contributed by atoms with E-state index < -0.39 is 0 Å². The van der Waals surface area contributed by atoms with Gasteiger partial charge in [-0.15, -0.1) is 0 Å². The Kier molecular flexibility index (Phi) is 3.44. The van der Waals surface area contributed by atoms with Crippen molar-refractivity contribution in [3.63, 3.8) is 0 Å². The number of hydrogen-bond donors (Lipinski definition) is 2. The maximum absolute atomic E-state index is 12.2. The van der Waals surface area contributed by atoms with E-state index in [4.69, 9.17) is 9.47 Å². The number of anilines is 1. The van der Waals surface area contributed by atoms with Crippen LogP contribution < -0.4 is 15.4 Å². The van der Waals surface area contributed by atoms with Crippen LogP contribution in [0.4, 0.5) is 10.6 Å². The Hall–Kier alpha value is -1.89. The molecule has 0 bridgehead atoms. The van der Waals surface area contributed by atoms with Gasteiger partial charge in [0.2, 0.25) is 0 Å². The molecule has 3 rings (SSSR count). The number of amides is 2. The van der Waals surface area contributed by atoms with E-state index in [0.29, 0.717) is 17.5 Å². The largest absolute Gasteiger partial charge is 0.491 e. The molecule has 114 valence electrons. The number of nitrogens with one attached hydrogen (secondary N) is 2. The van der Waals surface area contributed by atoms with Gasteiger partial charge < -0.3 is 14.8 Å². The number of urea groups is 1. The van der Waals surface area contributed by atoms with Gasteiger partial charge in [0.05, 0.1) is 19.4 Å². The first-order chi connectivity index (χ1) is 10.0. The lowest BCUT2D eigenvalue weighted by Crippen LogP contribution is -2.67. The number of fused-ring (bicyclic) bond motifs is 1. The van der Waals surface area contributed by atoms with Crippen molar-refractivity contribution >= 4 is 11.8 Å². The second kappa shape index (κ2) is 5.14.